The van der Waals surface area contributed by atoms with E-state index in [1.165, 1.54) is 6.33 Å². The maximum Gasteiger partial charge on any atom is 0.230 e. The summed E-state index contributed by atoms with van der Waals surface area (Å²) in [6.45, 7) is 0.490. The molecule has 0 unspecified atom stereocenters. The summed E-state index contributed by atoms with van der Waals surface area (Å²) >= 11 is 11.7. The minimum atomic E-state index is 0.376. The normalized spacial score (nSPS) is 10.7. The van der Waals surface area contributed by atoms with Gasteiger partial charge in [0.15, 0.2) is 11.5 Å². The predicted octanol–water partition coefficient (Wildman–Crippen LogP) is 4.67. The Morgan fingerprint density at radius 2 is 1.96 bits per heavy atom. The van der Waals surface area contributed by atoms with E-state index in [4.69, 9.17) is 43.1 Å². The first kappa shape index (κ1) is 18.4. The number of benzene rings is 2. The van der Waals surface area contributed by atoms with E-state index < -0.39 is 0 Å². The van der Waals surface area contributed by atoms with Gasteiger partial charge in [0.25, 0.3) is 0 Å². The second kappa shape index (κ2) is 8.29. The zero-order valence-electron chi connectivity index (χ0n) is 14.0. The third-order valence-electron chi connectivity index (χ3n) is 3.61. The fourth-order valence-electron chi connectivity index (χ4n) is 2.31. The SMILES string of the molecule is COc1cc2c(Oc3ccc(N)c(Cl)c3)ncnc2cc1OCCCCl. The van der Waals surface area contributed by atoms with Gasteiger partial charge in [-0.2, -0.15) is 0 Å². The number of halogens is 2. The number of nitrogens with zero attached hydrogens (tertiary/aromatic N) is 2. The van der Waals surface area contributed by atoms with E-state index in [2.05, 4.69) is 9.97 Å². The molecule has 8 heteroatoms. The van der Waals surface area contributed by atoms with Gasteiger partial charge in [-0.05, 0) is 24.6 Å². The molecule has 3 rings (SSSR count). The van der Waals surface area contributed by atoms with Crippen molar-refractivity contribution in [2.75, 3.05) is 25.3 Å². The van der Waals surface area contributed by atoms with Crippen molar-refractivity contribution in [3.05, 3.63) is 41.7 Å². The van der Waals surface area contributed by atoms with Crippen LogP contribution in [0.25, 0.3) is 10.9 Å². The molecule has 0 aliphatic rings. The van der Waals surface area contributed by atoms with Gasteiger partial charge in [0.1, 0.15) is 12.1 Å². The number of anilines is 1. The van der Waals surface area contributed by atoms with Gasteiger partial charge < -0.3 is 19.9 Å². The molecule has 0 aliphatic carbocycles. The van der Waals surface area contributed by atoms with Crippen LogP contribution in [0.2, 0.25) is 5.02 Å². The third kappa shape index (κ3) is 4.03. The average Bonchev–Trinajstić information content (AvgIpc) is 2.64. The molecule has 0 saturated heterocycles. The van der Waals surface area contributed by atoms with Crippen molar-refractivity contribution in [3.8, 4) is 23.1 Å². The van der Waals surface area contributed by atoms with Crippen LogP contribution in [0.1, 0.15) is 6.42 Å². The standard InChI is InChI=1S/C18H17Cl2N3O3/c1-24-16-8-12-15(9-17(16)25-6-2-5-19)22-10-23-18(12)26-11-3-4-14(21)13(20)7-11/h3-4,7-10H,2,5-6,21H2,1H3. The lowest BCUT2D eigenvalue weighted by atomic mass is 10.2. The first-order valence-electron chi connectivity index (χ1n) is 7.86. The van der Waals surface area contributed by atoms with Gasteiger partial charge in [-0.15, -0.1) is 11.6 Å². The van der Waals surface area contributed by atoms with Gasteiger partial charge in [-0.3, -0.25) is 0 Å². The van der Waals surface area contributed by atoms with Gasteiger partial charge in [0.05, 0.1) is 35.3 Å². The Hall–Kier alpha value is -2.44. The minimum Gasteiger partial charge on any atom is -0.493 e. The molecule has 0 atom stereocenters. The third-order valence-corrected chi connectivity index (χ3v) is 4.20. The first-order valence-corrected chi connectivity index (χ1v) is 8.78. The number of hydrogen-bond acceptors (Lipinski definition) is 6. The summed E-state index contributed by atoms with van der Waals surface area (Å²) in [6.07, 6.45) is 2.16. The Morgan fingerprint density at radius 3 is 2.69 bits per heavy atom. The topological polar surface area (TPSA) is 79.5 Å². The number of aromatic nitrogens is 2. The molecule has 0 bridgehead atoms. The summed E-state index contributed by atoms with van der Waals surface area (Å²) in [5.41, 5.74) is 6.87. The van der Waals surface area contributed by atoms with Crippen LogP contribution < -0.4 is 19.9 Å². The lowest BCUT2D eigenvalue weighted by Gasteiger charge is -2.13. The highest BCUT2D eigenvalue weighted by molar-refractivity contribution is 6.33. The zero-order chi connectivity index (χ0) is 18.5. The van der Waals surface area contributed by atoms with E-state index >= 15 is 0 Å². The smallest absolute Gasteiger partial charge is 0.230 e. The van der Waals surface area contributed by atoms with Crippen LogP contribution >= 0.6 is 23.2 Å². The number of methoxy groups -OCH3 is 1. The Kier molecular flexibility index (Phi) is 5.85. The number of ether oxygens (including phenoxy) is 3. The van der Waals surface area contributed by atoms with Crippen molar-refractivity contribution in [1.29, 1.82) is 0 Å². The van der Waals surface area contributed by atoms with Crippen LogP contribution in [0.4, 0.5) is 5.69 Å². The molecule has 0 amide bonds. The van der Waals surface area contributed by atoms with Crippen molar-refractivity contribution in [1.82, 2.24) is 9.97 Å². The molecule has 6 nitrogen and oxygen atoms in total. The first-order chi connectivity index (χ1) is 12.6. The molecule has 0 fully saturated rings. The maximum absolute atomic E-state index is 6.04. The van der Waals surface area contributed by atoms with E-state index in [9.17, 15) is 0 Å². The van der Waals surface area contributed by atoms with E-state index in [-0.39, 0.29) is 0 Å². The lowest BCUT2D eigenvalue weighted by molar-refractivity contribution is 0.295. The number of nitrogen functional groups attached to an aromatic ring is 1. The van der Waals surface area contributed by atoms with Crippen LogP contribution in [0.3, 0.4) is 0 Å². The second-order valence-electron chi connectivity index (χ2n) is 5.38. The average molecular weight is 394 g/mol. The van der Waals surface area contributed by atoms with Crippen LogP contribution in [-0.2, 0) is 0 Å². The predicted molar refractivity (Wildman–Crippen MR) is 103 cm³/mol. The summed E-state index contributed by atoms with van der Waals surface area (Å²) in [6, 6.07) is 8.58. The Balaban J connectivity index is 1.97. The molecule has 2 aromatic carbocycles. The largest absolute Gasteiger partial charge is 0.493 e. The zero-order valence-corrected chi connectivity index (χ0v) is 15.5. The van der Waals surface area contributed by atoms with E-state index in [0.717, 1.165) is 6.42 Å². The summed E-state index contributed by atoms with van der Waals surface area (Å²) in [7, 11) is 1.57. The fourth-order valence-corrected chi connectivity index (χ4v) is 2.59. The lowest BCUT2D eigenvalue weighted by Crippen LogP contribution is -2.01. The number of fused-ring (bicyclic) bond motifs is 1. The summed E-state index contributed by atoms with van der Waals surface area (Å²) in [5.74, 6) is 2.57. The minimum absolute atomic E-state index is 0.376. The molecule has 0 saturated carbocycles. The second-order valence-corrected chi connectivity index (χ2v) is 6.16. The molecule has 0 aliphatic heterocycles. The van der Waals surface area contributed by atoms with Gasteiger partial charge in [-0.25, -0.2) is 9.97 Å². The Labute approximate surface area is 160 Å². The van der Waals surface area contributed by atoms with Crippen LogP contribution in [0.5, 0.6) is 23.1 Å². The van der Waals surface area contributed by atoms with Gasteiger partial charge in [0, 0.05) is 18.0 Å². The Morgan fingerprint density at radius 1 is 1.12 bits per heavy atom. The molecule has 0 spiro atoms. The van der Waals surface area contributed by atoms with Gasteiger partial charge >= 0.3 is 0 Å². The van der Waals surface area contributed by atoms with E-state index in [1.54, 1.807) is 37.4 Å². The van der Waals surface area contributed by atoms with Crippen molar-refractivity contribution >= 4 is 39.8 Å². The number of hydrogen-bond donors (Lipinski definition) is 1. The molecule has 0 radical (unpaired) electrons. The highest BCUT2D eigenvalue weighted by atomic mass is 35.5. The molecular formula is C18H17Cl2N3O3. The summed E-state index contributed by atoms with van der Waals surface area (Å²) < 4.78 is 17.0. The van der Waals surface area contributed by atoms with Gasteiger partial charge in [-0.1, -0.05) is 11.6 Å². The molecule has 136 valence electrons. The van der Waals surface area contributed by atoms with Crippen LogP contribution in [-0.4, -0.2) is 29.6 Å². The number of alkyl halides is 1. The summed E-state index contributed by atoms with van der Waals surface area (Å²) in [4.78, 5) is 8.49. The molecular weight excluding hydrogens is 377 g/mol. The van der Waals surface area contributed by atoms with E-state index in [0.29, 0.717) is 57.2 Å². The maximum atomic E-state index is 6.04. The monoisotopic (exact) mass is 393 g/mol. The summed E-state index contributed by atoms with van der Waals surface area (Å²) in [5, 5.41) is 1.09. The highest BCUT2D eigenvalue weighted by Gasteiger charge is 2.13. The Bertz CT molecular complexity index is 922. The van der Waals surface area contributed by atoms with E-state index in [1.807, 2.05) is 0 Å². The molecule has 26 heavy (non-hydrogen) atoms. The number of nitrogens with two attached hydrogens (primary N) is 1. The van der Waals surface area contributed by atoms with Crippen molar-refractivity contribution in [3.63, 3.8) is 0 Å². The highest BCUT2D eigenvalue weighted by Crippen LogP contribution is 2.36. The van der Waals surface area contributed by atoms with Crippen molar-refractivity contribution < 1.29 is 14.2 Å². The van der Waals surface area contributed by atoms with Gasteiger partial charge in [0.2, 0.25) is 5.88 Å². The van der Waals surface area contributed by atoms with Crippen LogP contribution in [0, 0.1) is 0 Å². The number of rotatable bonds is 7. The van der Waals surface area contributed by atoms with Crippen LogP contribution in [0.15, 0.2) is 36.7 Å². The molecule has 1 heterocycles. The van der Waals surface area contributed by atoms with Crippen molar-refractivity contribution in [2.24, 2.45) is 0 Å². The quantitative estimate of drug-likeness (QED) is 0.356. The molecule has 2 N–H and O–H groups in total. The molecule has 1 aromatic heterocycles. The molecule has 3 aromatic rings. The van der Waals surface area contributed by atoms with Crippen molar-refractivity contribution in [2.45, 2.75) is 6.42 Å². The fraction of sp³-hybridized carbons (Fsp3) is 0.222.